The van der Waals surface area contributed by atoms with Gasteiger partial charge in [-0.05, 0) is 55.3 Å². The number of pyridine rings is 1. The monoisotopic (exact) mass is 280 g/mol. The SMILES string of the molecule is CCCNC(c1ncccc1C)C1CC1c1ccccc1. The van der Waals surface area contributed by atoms with Crippen LogP contribution >= 0.6 is 0 Å². The van der Waals surface area contributed by atoms with Gasteiger partial charge in [0.05, 0.1) is 11.7 Å². The quantitative estimate of drug-likeness (QED) is 0.856. The van der Waals surface area contributed by atoms with Crippen LogP contribution in [0.15, 0.2) is 48.7 Å². The van der Waals surface area contributed by atoms with E-state index in [1.54, 1.807) is 0 Å². The summed E-state index contributed by atoms with van der Waals surface area (Å²) >= 11 is 0. The molecule has 1 heterocycles. The summed E-state index contributed by atoms with van der Waals surface area (Å²) < 4.78 is 0. The molecule has 0 spiro atoms. The molecule has 1 aromatic heterocycles. The van der Waals surface area contributed by atoms with Gasteiger partial charge in [-0.3, -0.25) is 4.98 Å². The second kappa shape index (κ2) is 6.40. The van der Waals surface area contributed by atoms with Crippen molar-refractivity contribution in [1.29, 1.82) is 0 Å². The Hall–Kier alpha value is -1.67. The first kappa shape index (κ1) is 14.3. The molecular weight excluding hydrogens is 256 g/mol. The van der Waals surface area contributed by atoms with Gasteiger partial charge in [-0.25, -0.2) is 0 Å². The number of hydrogen-bond acceptors (Lipinski definition) is 2. The van der Waals surface area contributed by atoms with Gasteiger partial charge in [0.2, 0.25) is 0 Å². The Balaban J connectivity index is 1.80. The highest BCUT2D eigenvalue weighted by molar-refractivity contribution is 5.30. The van der Waals surface area contributed by atoms with Crippen LogP contribution in [0, 0.1) is 12.8 Å². The normalized spacial score (nSPS) is 22.0. The molecule has 3 atom stereocenters. The molecule has 110 valence electrons. The fourth-order valence-electron chi connectivity index (χ4n) is 3.24. The van der Waals surface area contributed by atoms with Crippen LogP contribution in [0.3, 0.4) is 0 Å². The molecule has 1 aliphatic carbocycles. The smallest absolute Gasteiger partial charge is 0.0605 e. The highest BCUT2D eigenvalue weighted by atomic mass is 15.0. The van der Waals surface area contributed by atoms with Crippen molar-refractivity contribution >= 4 is 0 Å². The Bertz CT molecular complexity index is 579. The fourth-order valence-corrected chi connectivity index (χ4v) is 3.24. The van der Waals surface area contributed by atoms with E-state index in [9.17, 15) is 0 Å². The first-order valence-corrected chi connectivity index (χ1v) is 8.01. The molecular formula is C19H24N2. The maximum Gasteiger partial charge on any atom is 0.0605 e. The Morgan fingerprint density at radius 2 is 2.00 bits per heavy atom. The molecule has 3 unspecified atom stereocenters. The van der Waals surface area contributed by atoms with Gasteiger partial charge in [-0.15, -0.1) is 0 Å². The average Bonchev–Trinajstić information content (AvgIpc) is 3.31. The van der Waals surface area contributed by atoms with Crippen LogP contribution in [0.1, 0.15) is 48.5 Å². The molecule has 1 aromatic carbocycles. The van der Waals surface area contributed by atoms with Gasteiger partial charge in [0.25, 0.3) is 0 Å². The van der Waals surface area contributed by atoms with E-state index in [0.29, 0.717) is 17.9 Å². The number of aryl methyl sites for hydroxylation is 1. The number of nitrogens with zero attached hydrogens (tertiary/aromatic N) is 1. The molecule has 2 nitrogen and oxygen atoms in total. The second-order valence-electron chi connectivity index (χ2n) is 6.05. The zero-order valence-corrected chi connectivity index (χ0v) is 12.9. The van der Waals surface area contributed by atoms with Crippen LogP contribution in [-0.4, -0.2) is 11.5 Å². The minimum atomic E-state index is 0.386. The summed E-state index contributed by atoms with van der Waals surface area (Å²) in [5.41, 5.74) is 4.00. The molecule has 2 aromatic rings. The average molecular weight is 280 g/mol. The molecule has 1 saturated carbocycles. The van der Waals surface area contributed by atoms with Crippen molar-refractivity contribution in [2.45, 2.75) is 38.6 Å². The van der Waals surface area contributed by atoms with Crippen molar-refractivity contribution in [2.75, 3.05) is 6.54 Å². The van der Waals surface area contributed by atoms with Crippen molar-refractivity contribution in [3.63, 3.8) is 0 Å². The van der Waals surface area contributed by atoms with Crippen LogP contribution in [-0.2, 0) is 0 Å². The number of aromatic nitrogens is 1. The van der Waals surface area contributed by atoms with Crippen LogP contribution in [0.4, 0.5) is 0 Å². The van der Waals surface area contributed by atoms with Gasteiger partial charge in [0.15, 0.2) is 0 Å². The van der Waals surface area contributed by atoms with E-state index < -0.39 is 0 Å². The van der Waals surface area contributed by atoms with E-state index in [0.717, 1.165) is 13.0 Å². The lowest BCUT2D eigenvalue weighted by molar-refractivity contribution is 0.461. The third-order valence-corrected chi connectivity index (χ3v) is 4.45. The molecule has 0 saturated heterocycles. The molecule has 0 bridgehead atoms. The largest absolute Gasteiger partial charge is 0.308 e. The van der Waals surface area contributed by atoms with Gasteiger partial charge < -0.3 is 5.32 Å². The van der Waals surface area contributed by atoms with Crippen molar-refractivity contribution in [1.82, 2.24) is 10.3 Å². The van der Waals surface area contributed by atoms with Crippen molar-refractivity contribution in [3.05, 3.63) is 65.5 Å². The fraction of sp³-hybridized carbons (Fsp3) is 0.421. The summed E-state index contributed by atoms with van der Waals surface area (Å²) in [6.07, 6.45) is 4.34. The maximum atomic E-state index is 4.66. The van der Waals surface area contributed by atoms with Gasteiger partial charge in [0, 0.05) is 6.20 Å². The van der Waals surface area contributed by atoms with E-state index in [2.05, 4.69) is 60.5 Å². The first-order chi connectivity index (χ1) is 10.3. The lowest BCUT2D eigenvalue weighted by Gasteiger charge is -2.20. The summed E-state index contributed by atoms with van der Waals surface area (Å²) in [4.78, 5) is 4.66. The van der Waals surface area contributed by atoms with E-state index in [-0.39, 0.29) is 0 Å². The standard InChI is InChI=1S/C19H24N2/c1-3-11-20-19(18-14(2)8-7-12-21-18)17-13-16(17)15-9-5-4-6-10-15/h4-10,12,16-17,19-20H,3,11,13H2,1-2H3. The van der Waals surface area contributed by atoms with Gasteiger partial charge in [-0.2, -0.15) is 0 Å². The van der Waals surface area contributed by atoms with Crippen LogP contribution in [0.2, 0.25) is 0 Å². The Labute approximate surface area is 127 Å². The third kappa shape index (κ3) is 3.16. The Morgan fingerprint density at radius 3 is 2.71 bits per heavy atom. The zero-order valence-electron chi connectivity index (χ0n) is 12.9. The summed E-state index contributed by atoms with van der Waals surface area (Å²) in [7, 11) is 0. The van der Waals surface area contributed by atoms with Crippen molar-refractivity contribution in [3.8, 4) is 0 Å². The molecule has 0 aliphatic heterocycles. The summed E-state index contributed by atoms with van der Waals surface area (Å²) in [5.74, 6) is 1.36. The molecule has 3 rings (SSSR count). The number of benzene rings is 1. The Morgan fingerprint density at radius 1 is 1.19 bits per heavy atom. The van der Waals surface area contributed by atoms with E-state index in [1.807, 2.05) is 12.3 Å². The van der Waals surface area contributed by atoms with Crippen LogP contribution in [0.25, 0.3) is 0 Å². The van der Waals surface area contributed by atoms with E-state index in [1.165, 1.54) is 23.2 Å². The number of hydrogen-bond donors (Lipinski definition) is 1. The lowest BCUT2D eigenvalue weighted by Crippen LogP contribution is -2.26. The third-order valence-electron chi connectivity index (χ3n) is 4.45. The molecule has 0 amide bonds. The van der Waals surface area contributed by atoms with Gasteiger partial charge in [0.1, 0.15) is 0 Å². The molecule has 21 heavy (non-hydrogen) atoms. The highest BCUT2D eigenvalue weighted by Crippen LogP contribution is 2.54. The van der Waals surface area contributed by atoms with Gasteiger partial charge >= 0.3 is 0 Å². The number of nitrogens with one attached hydrogen (secondary N) is 1. The lowest BCUT2D eigenvalue weighted by atomic mass is 9.99. The molecule has 0 radical (unpaired) electrons. The predicted molar refractivity (Wildman–Crippen MR) is 87.3 cm³/mol. The van der Waals surface area contributed by atoms with Crippen LogP contribution < -0.4 is 5.32 Å². The Kier molecular flexibility index (Phi) is 4.35. The molecule has 1 aliphatic rings. The van der Waals surface area contributed by atoms with Gasteiger partial charge in [-0.1, -0.05) is 43.3 Å². The minimum absolute atomic E-state index is 0.386. The second-order valence-corrected chi connectivity index (χ2v) is 6.05. The van der Waals surface area contributed by atoms with Crippen molar-refractivity contribution in [2.24, 2.45) is 5.92 Å². The summed E-state index contributed by atoms with van der Waals surface area (Å²) in [5, 5.41) is 3.73. The van der Waals surface area contributed by atoms with E-state index >= 15 is 0 Å². The first-order valence-electron chi connectivity index (χ1n) is 8.01. The predicted octanol–water partition coefficient (Wildman–Crippen LogP) is 4.23. The summed E-state index contributed by atoms with van der Waals surface area (Å²) in [6, 6.07) is 15.5. The zero-order chi connectivity index (χ0) is 14.7. The maximum absolute atomic E-state index is 4.66. The molecule has 1 N–H and O–H groups in total. The number of rotatable bonds is 6. The topological polar surface area (TPSA) is 24.9 Å². The molecule has 2 heteroatoms. The minimum Gasteiger partial charge on any atom is -0.308 e. The van der Waals surface area contributed by atoms with E-state index in [4.69, 9.17) is 0 Å². The summed E-state index contributed by atoms with van der Waals surface area (Å²) in [6.45, 7) is 5.44. The molecule has 1 fully saturated rings. The highest BCUT2D eigenvalue weighted by Gasteiger charge is 2.44. The van der Waals surface area contributed by atoms with Crippen molar-refractivity contribution < 1.29 is 0 Å². The van der Waals surface area contributed by atoms with Crippen LogP contribution in [0.5, 0.6) is 0 Å².